The van der Waals surface area contributed by atoms with Gasteiger partial charge in [-0.25, -0.2) is 4.98 Å². The minimum atomic E-state index is -4.54. The molecule has 0 aliphatic rings. The molecule has 0 radical (unpaired) electrons. The lowest BCUT2D eigenvalue weighted by atomic mass is 10.1. The lowest BCUT2D eigenvalue weighted by Crippen LogP contribution is -2.03. The SMILES string of the molecule is Nc1cc(Br)cc(C(=O)c2cnc(C(F)(F)F)s2)c1. The van der Waals surface area contributed by atoms with Crippen LogP contribution in [-0.2, 0) is 6.18 Å². The summed E-state index contributed by atoms with van der Waals surface area (Å²) in [6, 6.07) is 4.48. The van der Waals surface area contributed by atoms with Gasteiger partial charge in [-0.2, -0.15) is 13.2 Å². The zero-order chi connectivity index (χ0) is 14.2. The van der Waals surface area contributed by atoms with E-state index in [0.29, 0.717) is 21.5 Å². The third-order valence-electron chi connectivity index (χ3n) is 2.15. The van der Waals surface area contributed by atoms with Crippen molar-refractivity contribution in [3.8, 4) is 0 Å². The Kier molecular flexibility index (Phi) is 3.64. The molecular weight excluding hydrogens is 345 g/mol. The van der Waals surface area contributed by atoms with Gasteiger partial charge in [-0.05, 0) is 18.2 Å². The first-order chi connectivity index (χ1) is 8.77. The van der Waals surface area contributed by atoms with Crippen molar-refractivity contribution in [3.63, 3.8) is 0 Å². The summed E-state index contributed by atoms with van der Waals surface area (Å²) >= 11 is 3.48. The molecular formula is C11H6BrF3N2OS. The molecule has 0 saturated heterocycles. The predicted octanol–water partition coefficient (Wildman–Crippen LogP) is 3.74. The van der Waals surface area contributed by atoms with Crippen LogP contribution in [0.3, 0.4) is 0 Å². The highest BCUT2D eigenvalue weighted by atomic mass is 79.9. The highest BCUT2D eigenvalue weighted by molar-refractivity contribution is 9.10. The number of alkyl halides is 3. The van der Waals surface area contributed by atoms with Crippen LogP contribution in [0.15, 0.2) is 28.9 Å². The van der Waals surface area contributed by atoms with Crippen LogP contribution in [0.25, 0.3) is 0 Å². The van der Waals surface area contributed by atoms with E-state index in [1.54, 1.807) is 6.07 Å². The molecule has 3 nitrogen and oxygen atoms in total. The van der Waals surface area contributed by atoms with Gasteiger partial charge < -0.3 is 5.73 Å². The molecule has 0 fully saturated rings. The van der Waals surface area contributed by atoms with Crippen LogP contribution in [0.5, 0.6) is 0 Å². The Morgan fingerprint density at radius 1 is 1.32 bits per heavy atom. The van der Waals surface area contributed by atoms with Crippen LogP contribution in [0.4, 0.5) is 18.9 Å². The Morgan fingerprint density at radius 3 is 2.53 bits per heavy atom. The summed E-state index contributed by atoms with van der Waals surface area (Å²) in [5.74, 6) is -0.541. The maximum absolute atomic E-state index is 12.4. The van der Waals surface area contributed by atoms with E-state index in [0.717, 1.165) is 6.20 Å². The fourth-order valence-corrected chi connectivity index (χ4v) is 2.65. The van der Waals surface area contributed by atoms with Gasteiger partial charge in [-0.1, -0.05) is 15.9 Å². The number of hydrogen-bond acceptors (Lipinski definition) is 4. The van der Waals surface area contributed by atoms with Crippen LogP contribution in [0.2, 0.25) is 0 Å². The zero-order valence-corrected chi connectivity index (χ0v) is 11.6. The molecule has 100 valence electrons. The Balaban J connectivity index is 2.36. The number of nitrogens with two attached hydrogens (primary N) is 1. The summed E-state index contributed by atoms with van der Waals surface area (Å²) < 4.78 is 37.8. The number of carbonyl (C=O) groups is 1. The molecule has 2 N–H and O–H groups in total. The van der Waals surface area contributed by atoms with Gasteiger partial charge in [0.1, 0.15) is 0 Å². The third-order valence-corrected chi connectivity index (χ3v) is 3.65. The summed E-state index contributed by atoms with van der Waals surface area (Å²) in [4.78, 5) is 15.1. The number of aromatic nitrogens is 1. The monoisotopic (exact) mass is 350 g/mol. The van der Waals surface area contributed by atoms with Crippen LogP contribution in [-0.4, -0.2) is 10.8 Å². The quantitative estimate of drug-likeness (QED) is 0.663. The van der Waals surface area contributed by atoms with Gasteiger partial charge in [0.2, 0.25) is 5.78 Å². The van der Waals surface area contributed by atoms with Gasteiger partial charge in [0.15, 0.2) is 5.01 Å². The molecule has 1 heterocycles. The van der Waals surface area contributed by atoms with Crippen LogP contribution in [0, 0.1) is 0 Å². The summed E-state index contributed by atoms with van der Waals surface area (Å²) in [6.07, 6.45) is -3.62. The van der Waals surface area contributed by atoms with Crippen LogP contribution >= 0.6 is 27.3 Å². The minimum absolute atomic E-state index is 0.0789. The topological polar surface area (TPSA) is 56.0 Å². The van der Waals surface area contributed by atoms with Gasteiger partial charge in [-0.3, -0.25) is 4.79 Å². The third kappa shape index (κ3) is 3.13. The molecule has 0 saturated carbocycles. The summed E-state index contributed by atoms with van der Waals surface area (Å²) in [5.41, 5.74) is 6.13. The Labute approximate surface area is 118 Å². The van der Waals surface area contributed by atoms with Gasteiger partial charge in [0, 0.05) is 21.9 Å². The molecule has 0 atom stereocenters. The molecule has 0 spiro atoms. The molecule has 0 amide bonds. The van der Waals surface area contributed by atoms with Gasteiger partial charge in [-0.15, -0.1) is 11.3 Å². The molecule has 0 unspecified atom stereocenters. The number of nitrogens with zero attached hydrogens (tertiary/aromatic N) is 1. The number of halogens is 4. The number of rotatable bonds is 2. The van der Waals surface area contributed by atoms with Crippen molar-refractivity contribution in [1.29, 1.82) is 0 Å². The van der Waals surface area contributed by atoms with Gasteiger partial charge in [0.05, 0.1) is 4.88 Å². The predicted molar refractivity (Wildman–Crippen MR) is 69.1 cm³/mol. The van der Waals surface area contributed by atoms with Crippen molar-refractivity contribution < 1.29 is 18.0 Å². The highest BCUT2D eigenvalue weighted by Gasteiger charge is 2.35. The summed E-state index contributed by atoms with van der Waals surface area (Å²) in [6.45, 7) is 0. The fraction of sp³-hybridized carbons (Fsp3) is 0.0909. The Hall–Kier alpha value is -1.41. The molecule has 0 aliphatic carbocycles. The standard InChI is InChI=1S/C11H6BrF3N2OS/c12-6-1-5(2-7(16)3-6)9(18)8-4-17-10(19-8)11(13,14)15/h1-4H,16H2. The number of ketones is 1. The minimum Gasteiger partial charge on any atom is -0.399 e. The number of carbonyl (C=O) groups excluding carboxylic acids is 1. The summed E-state index contributed by atoms with van der Waals surface area (Å²) in [7, 11) is 0. The molecule has 0 bridgehead atoms. The van der Waals surface area contributed by atoms with E-state index in [9.17, 15) is 18.0 Å². The molecule has 1 aromatic heterocycles. The molecule has 1 aromatic carbocycles. The van der Waals surface area contributed by atoms with Crippen molar-refractivity contribution in [2.75, 3.05) is 5.73 Å². The van der Waals surface area contributed by atoms with Crippen LogP contribution < -0.4 is 5.73 Å². The van der Waals surface area contributed by atoms with Gasteiger partial charge in [0.25, 0.3) is 0 Å². The van der Waals surface area contributed by atoms with E-state index in [2.05, 4.69) is 20.9 Å². The Bertz CT molecular complexity index is 619. The number of thiazole rings is 1. The van der Waals surface area contributed by atoms with E-state index in [1.807, 2.05) is 0 Å². The van der Waals surface area contributed by atoms with Crippen LogP contribution in [0.1, 0.15) is 20.2 Å². The normalized spacial score (nSPS) is 11.6. The van der Waals surface area contributed by atoms with E-state index >= 15 is 0 Å². The number of benzene rings is 1. The second-order valence-electron chi connectivity index (χ2n) is 3.63. The van der Waals surface area contributed by atoms with Crippen molar-refractivity contribution in [3.05, 3.63) is 44.3 Å². The average molecular weight is 351 g/mol. The average Bonchev–Trinajstić information content (AvgIpc) is 2.75. The van der Waals surface area contributed by atoms with E-state index < -0.39 is 17.0 Å². The van der Waals surface area contributed by atoms with Crippen molar-refractivity contribution in [2.24, 2.45) is 0 Å². The van der Waals surface area contributed by atoms with Crippen molar-refractivity contribution in [2.45, 2.75) is 6.18 Å². The molecule has 19 heavy (non-hydrogen) atoms. The first kappa shape index (κ1) is 14.0. The van der Waals surface area contributed by atoms with Crippen molar-refractivity contribution in [1.82, 2.24) is 4.98 Å². The van der Waals surface area contributed by atoms with Gasteiger partial charge >= 0.3 is 6.18 Å². The largest absolute Gasteiger partial charge is 0.443 e. The maximum atomic E-state index is 12.4. The maximum Gasteiger partial charge on any atom is 0.443 e. The zero-order valence-electron chi connectivity index (χ0n) is 9.16. The smallest absolute Gasteiger partial charge is 0.399 e. The van der Waals surface area contributed by atoms with E-state index in [-0.39, 0.29) is 10.4 Å². The number of anilines is 1. The Morgan fingerprint density at radius 2 is 2.00 bits per heavy atom. The molecule has 2 rings (SSSR count). The van der Waals surface area contributed by atoms with E-state index in [1.165, 1.54) is 12.1 Å². The van der Waals surface area contributed by atoms with E-state index in [4.69, 9.17) is 5.73 Å². The second-order valence-corrected chi connectivity index (χ2v) is 5.58. The lowest BCUT2D eigenvalue weighted by Gasteiger charge is -2.01. The molecule has 2 aromatic rings. The van der Waals surface area contributed by atoms with Crippen molar-refractivity contribution >= 4 is 38.7 Å². The lowest BCUT2D eigenvalue weighted by molar-refractivity contribution is -0.137. The summed E-state index contributed by atoms with van der Waals surface area (Å²) in [5, 5.41) is -1.04. The molecule has 0 aliphatic heterocycles. The first-order valence-electron chi connectivity index (χ1n) is 4.91. The number of hydrogen-bond donors (Lipinski definition) is 1. The molecule has 8 heteroatoms. The highest BCUT2D eigenvalue weighted by Crippen LogP contribution is 2.33. The second kappa shape index (κ2) is 4.93. The first-order valence-corrected chi connectivity index (χ1v) is 6.52. The fourth-order valence-electron chi connectivity index (χ4n) is 1.40. The number of nitrogen functional groups attached to an aromatic ring is 1.